The van der Waals surface area contributed by atoms with Gasteiger partial charge in [-0.05, 0) is 38.3 Å². The van der Waals surface area contributed by atoms with E-state index in [0.29, 0.717) is 0 Å². The van der Waals surface area contributed by atoms with Crippen LogP contribution in [0.25, 0.3) is 0 Å². The number of aryl methyl sites for hydroxylation is 1. The molecule has 5 heteroatoms. The fourth-order valence-electron chi connectivity index (χ4n) is 2.55. The quantitative estimate of drug-likeness (QED) is 0.880. The lowest BCUT2D eigenvalue weighted by molar-refractivity contribution is -0.135. The van der Waals surface area contributed by atoms with Crippen molar-refractivity contribution in [2.75, 3.05) is 18.9 Å². The highest BCUT2D eigenvalue weighted by Gasteiger charge is 2.26. The van der Waals surface area contributed by atoms with Crippen LogP contribution in [0.5, 0.6) is 0 Å². The van der Waals surface area contributed by atoms with E-state index in [0.717, 1.165) is 18.5 Å². The number of carbonyl (C=O) groups is 2. The summed E-state index contributed by atoms with van der Waals surface area (Å²) >= 11 is 0. The van der Waals surface area contributed by atoms with Crippen molar-refractivity contribution >= 4 is 17.5 Å². The third kappa shape index (κ3) is 3.97. The van der Waals surface area contributed by atoms with Crippen molar-refractivity contribution < 1.29 is 9.59 Å². The minimum absolute atomic E-state index is 0.0385. The van der Waals surface area contributed by atoms with Gasteiger partial charge in [-0.1, -0.05) is 18.2 Å². The number of amides is 2. The summed E-state index contributed by atoms with van der Waals surface area (Å²) in [4.78, 5) is 25.6. The molecule has 1 heterocycles. The number of hydrogen-bond acceptors (Lipinski definition) is 3. The molecule has 0 bridgehead atoms. The number of anilines is 1. The zero-order valence-electron chi connectivity index (χ0n) is 12.8. The maximum Gasteiger partial charge on any atom is 0.245 e. The van der Waals surface area contributed by atoms with E-state index in [1.807, 2.05) is 32.0 Å². The minimum Gasteiger partial charge on any atom is -0.373 e. The highest BCUT2D eigenvalue weighted by atomic mass is 16.2. The summed E-state index contributed by atoms with van der Waals surface area (Å²) in [6, 6.07) is 7.85. The molecule has 0 fully saturated rings. The monoisotopic (exact) mass is 289 g/mol. The summed E-state index contributed by atoms with van der Waals surface area (Å²) in [7, 11) is 1.67. The molecule has 2 rings (SSSR count). The Bertz CT molecular complexity index is 528. The van der Waals surface area contributed by atoms with Crippen LogP contribution in [0.2, 0.25) is 0 Å². The summed E-state index contributed by atoms with van der Waals surface area (Å²) in [5.41, 5.74) is 2.25. The van der Waals surface area contributed by atoms with Crippen molar-refractivity contribution in [2.45, 2.75) is 38.8 Å². The minimum atomic E-state index is -0.253. The molecule has 2 amide bonds. The first-order valence-corrected chi connectivity index (χ1v) is 7.36. The number of nitrogens with one attached hydrogen (secondary N) is 2. The molecule has 2 N–H and O–H groups in total. The molecule has 0 saturated heterocycles. The molecule has 1 unspecified atom stereocenters. The molecule has 0 aliphatic carbocycles. The Kier molecular flexibility index (Phi) is 4.83. The smallest absolute Gasteiger partial charge is 0.245 e. The van der Waals surface area contributed by atoms with Crippen LogP contribution in [0.1, 0.15) is 25.8 Å². The molecule has 1 atom stereocenters. The van der Waals surface area contributed by atoms with E-state index in [-0.39, 0.29) is 30.4 Å². The first-order chi connectivity index (χ1) is 9.97. The van der Waals surface area contributed by atoms with Crippen molar-refractivity contribution in [1.29, 1.82) is 0 Å². The summed E-state index contributed by atoms with van der Waals surface area (Å²) in [5, 5.41) is 6.06. The summed E-state index contributed by atoms with van der Waals surface area (Å²) in [6.07, 6.45) is 1.64. The predicted octanol–water partition coefficient (Wildman–Crippen LogP) is 1.40. The second kappa shape index (κ2) is 6.61. The van der Waals surface area contributed by atoms with Crippen LogP contribution in [-0.2, 0) is 16.0 Å². The van der Waals surface area contributed by atoms with E-state index in [4.69, 9.17) is 0 Å². The number of hydrogen-bond donors (Lipinski definition) is 2. The van der Waals surface area contributed by atoms with E-state index >= 15 is 0 Å². The van der Waals surface area contributed by atoms with Crippen LogP contribution >= 0.6 is 0 Å². The molecular formula is C16H23N3O2. The molecule has 1 aliphatic heterocycles. The van der Waals surface area contributed by atoms with E-state index in [1.54, 1.807) is 7.05 Å². The molecule has 1 aromatic carbocycles. The van der Waals surface area contributed by atoms with Crippen LogP contribution in [0.4, 0.5) is 5.69 Å². The SMILES string of the molecule is CC(C)NC(=O)CN(C)C(=O)C1CCc2ccccc2N1. The number of rotatable bonds is 4. The van der Waals surface area contributed by atoms with Gasteiger partial charge < -0.3 is 15.5 Å². The maximum atomic E-state index is 12.4. The third-order valence-corrected chi connectivity index (χ3v) is 3.55. The van der Waals surface area contributed by atoms with Gasteiger partial charge in [0.25, 0.3) is 0 Å². The first kappa shape index (κ1) is 15.4. The van der Waals surface area contributed by atoms with Crippen molar-refractivity contribution in [2.24, 2.45) is 0 Å². The van der Waals surface area contributed by atoms with Gasteiger partial charge >= 0.3 is 0 Å². The number of nitrogens with zero attached hydrogens (tertiary/aromatic N) is 1. The van der Waals surface area contributed by atoms with Gasteiger partial charge in [0.05, 0.1) is 6.54 Å². The lowest BCUT2D eigenvalue weighted by Gasteiger charge is -2.29. The van der Waals surface area contributed by atoms with Crippen molar-refractivity contribution in [3.63, 3.8) is 0 Å². The Morgan fingerprint density at radius 3 is 2.81 bits per heavy atom. The van der Waals surface area contributed by atoms with Gasteiger partial charge in [-0.3, -0.25) is 9.59 Å². The van der Waals surface area contributed by atoms with E-state index in [2.05, 4.69) is 16.7 Å². The van der Waals surface area contributed by atoms with Gasteiger partial charge in [-0.2, -0.15) is 0 Å². The largest absolute Gasteiger partial charge is 0.373 e. The normalized spacial score (nSPS) is 16.9. The molecule has 0 radical (unpaired) electrons. The zero-order valence-corrected chi connectivity index (χ0v) is 12.8. The Morgan fingerprint density at radius 2 is 2.10 bits per heavy atom. The van der Waals surface area contributed by atoms with Crippen LogP contribution < -0.4 is 10.6 Å². The Morgan fingerprint density at radius 1 is 1.38 bits per heavy atom. The molecular weight excluding hydrogens is 266 g/mol. The van der Waals surface area contributed by atoms with Crippen molar-refractivity contribution in [1.82, 2.24) is 10.2 Å². The topological polar surface area (TPSA) is 61.4 Å². The Labute approximate surface area is 125 Å². The summed E-state index contributed by atoms with van der Waals surface area (Å²) in [6.45, 7) is 3.90. The molecule has 1 aromatic rings. The molecule has 114 valence electrons. The highest BCUT2D eigenvalue weighted by molar-refractivity contribution is 5.89. The first-order valence-electron chi connectivity index (χ1n) is 7.36. The average Bonchev–Trinajstić information content (AvgIpc) is 2.45. The number of benzene rings is 1. The standard InChI is InChI=1S/C16H23N3O2/c1-11(2)17-15(20)10-19(3)16(21)14-9-8-12-6-4-5-7-13(12)18-14/h4-7,11,14,18H,8-10H2,1-3H3,(H,17,20). The van der Waals surface area contributed by atoms with Crippen LogP contribution in [0.3, 0.4) is 0 Å². The summed E-state index contributed by atoms with van der Waals surface area (Å²) in [5.74, 6) is -0.166. The lowest BCUT2D eigenvalue weighted by atomic mass is 9.97. The highest BCUT2D eigenvalue weighted by Crippen LogP contribution is 2.24. The molecule has 5 nitrogen and oxygen atoms in total. The Hall–Kier alpha value is -2.04. The van der Waals surface area contributed by atoms with Gasteiger partial charge in [0, 0.05) is 18.8 Å². The van der Waals surface area contributed by atoms with Crippen LogP contribution in [-0.4, -0.2) is 42.4 Å². The van der Waals surface area contributed by atoms with Gasteiger partial charge in [-0.15, -0.1) is 0 Å². The number of fused-ring (bicyclic) bond motifs is 1. The fraction of sp³-hybridized carbons (Fsp3) is 0.500. The Balaban J connectivity index is 1.93. The molecule has 21 heavy (non-hydrogen) atoms. The van der Waals surface area contributed by atoms with E-state index in [1.165, 1.54) is 10.5 Å². The van der Waals surface area contributed by atoms with E-state index < -0.39 is 0 Å². The fourth-order valence-corrected chi connectivity index (χ4v) is 2.55. The van der Waals surface area contributed by atoms with Crippen LogP contribution in [0, 0.1) is 0 Å². The van der Waals surface area contributed by atoms with Gasteiger partial charge in [0.2, 0.25) is 11.8 Å². The van der Waals surface area contributed by atoms with Crippen molar-refractivity contribution in [3.05, 3.63) is 29.8 Å². The summed E-state index contributed by atoms with van der Waals surface area (Å²) < 4.78 is 0. The van der Waals surface area contributed by atoms with Gasteiger partial charge in [0.1, 0.15) is 6.04 Å². The maximum absolute atomic E-state index is 12.4. The number of para-hydroxylation sites is 1. The van der Waals surface area contributed by atoms with Gasteiger partial charge in [0.15, 0.2) is 0 Å². The molecule has 0 spiro atoms. The molecule has 0 aromatic heterocycles. The second-order valence-corrected chi connectivity index (χ2v) is 5.81. The second-order valence-electron chi connectivity index (χ2n) is 5.81. The number of likely N-dealkylation sites (N-methyl/N-ethyl adjacent to an activating group) is 1. The lowest BCUT2D eigenvalue weighted by Crippen LogP contribution is -2.47. The number of carbonyl (C=O) groups excluding carboxylic acids is 2. The van der Waals surface area contributed by atoms with Crippen LogP contribution in [0.15, 0.2) is 24.3 Å². The average molecular weight is 289 g/mol. The van der Waals surface area contributed by atoms with Crippen molar-refractivity contribution in [3.8, 4) is 0 Å². The molecule has 0 saturated carbocycles. The third-order valence-electron chi connectivity index (χ3n) is 3.55. The van der Waals surface area contributed by atoms with E-state index in [9.17, 15) is 9.59 Å². The zero-order chi connectivity index (χ0) is 15.4. The van der Waals surface area contributed by atoms with Gasteiger partial charge in [-0.25, -0.2) is 0 Å². The predicted molar refractivity (Wildman–Crippen MR) is 83.1 cm³/mol. The molecule has 1 aliphatic rings.